The first-order valence-electron chi connectivity index (χ1n) is 6.22. The Bertz CT molecular complexity index is 158. The lowest BCUT2D eigenvalue weighted by atomic mass is 9.95. The largest absolute Gasteiger partial charge is 0.393 e. The Morgan fingerprint density at radius 2 is 1.80 bits per heavy atom. The van der Waals surface area contributed by atoms with Crippen LogP contribution in [-0.4, -0.2) is 34.9 Å². The molecule has 2 atom stereocenters. The zero-order valence-electron chi connectivity index (χ0n) is 10.8. The second-order valence-electron chi connectivity index (χ2n) is 4.43. The Hall–Kier alpha value is -0.120. The third-order valence-corrected chi connectivity index (χ3v) is 3.01. The van der Waals surface area contributed by atoms with E-state index in [1.807, 2.05) is 6.92 Å². The molecular weight excluding hydrogens is 188 g/mol. The summed E-state index contributed by atoms with van der Waals surface area (Å²) in [5.41, 5.74) is 6.09. The van der Waals surface area contributed by atoms with E-state index in [4.69, 9.17) is 5.73 Å². The molecule has 92 valence electrons. The molecule has 0 aromatic heterocycles. The molecule has 0 spiro atoms. The number of nitrogens with two attached hydrogens (primary N) is 1. The van der Waals surface area contributed by atoms with Gasteiger partial charge in [0.25, 0.3) is 0 Å². The third kappa shape index (κ3) is 4.96. The van der Waals surface area contributed by atoms with Crippen molar-refractivity contribution in [2.75, 3.05) is 13.1 Å². The summed E-state index contributed by atoms with van der Waals surface area (Å²) in [7, 11) is 0. The van der Waals surface area contributed by atoms with Gasteiger partial charge in [-0.3, -0.25) is 4.90 Å². The molecule has 15 heavy (non-hydrogen) atoms. The van der Waals surface area contributed by atoms with Gasteiger partial charge < -0.3 is 10.8 Å². The first-order chi connectivity index (χ1) is 7.00. The van der Waals surface area contributed by atoms with Gasteiger partial charge in [0.05, 0.1) is 11.8 Å². The summed E-state index contributed by atoms with van der Waals surface area (Å²) < 4.78 is 0. The molecule has 0 aliphatic carbocycles. The van der Waals surface area contributed by atoms with Crippen LogP contribution in [0.5, 0.6) is 0 Å². The molecule has 0 rings (SSSR count). The number of aliphatic hydroxyl groups is 1. The number of unbranched alkanes of at least 4 members (excludes halogenated alkanes) is 1. The summed E-state index contributed by atoms with van der Waals surface area (Å²) in [5, 5.41) is 9.52. The molecule has 0 saturated heterocycles. The van der Waals surface area contributed by atoms with Crippen LogP contribution in [-0.2, 0) is 0 Å². The fourth-order valence-electron chi connectivity index (χ4n) is 2.24. The van der Waals surface area contributed by atoms with Crippen LogP contribution in [0, 0.1) is 0 Å². The van der Waals surface area contributed by atoms with Crippen LogP contribution in [0.4, 0.5) is 0 Å². The molecule has 3 N–H and O–H groups in total. The normalized spacial score (nSPS) is 17.8. The van der Waals surface area contributed by atoms with Gasteiger partial charge >= 0.3 is 0 Å². The van der Waals surface area contributed by atoms with Crippen LogP contribution < -0.4 is 5.73 Å². The number of rotatable bonds is 8. The van der Waals surface area contributed by atoms with E-state index in [2.05, 4.69) is 25.7 Å². The standard InChI is InChI=1S/C12H28N2O/c1-5-8-9-12(13,10-11(4)15)14(6-2)7-3/h11,15H,5-10,13H2,1-4H3. The van der Waals surface area contributed by atoms with E-state index in [-0.39, 0.29) is 11.8 Å². The highest BCUT2D eigenvalue weighted by molar-refractivity contribution is 4.85. The van der Waals surface area contributed by atoms with Crippen molar-refractivity contribution >= 4 is 0 Å². The Morgan fingerprint density at radius 3 is 2.13 bits per heavy atom. The summed E-state index contributed by atoms with van der Waals surface area (Å²) in [6.45, 7) is 10.1. The van der Waals surface area contributed by atoms with Crippen molar-refractivity contribution in [3.05, 3.63) is 0 Å². The SMILES string of the molecule is CCCCC(N)(CC(C)O)N(CC)CC. The minimum absolute atomic E-state index is 0.326. The zero-order chi connectivity index (χ0) is 11.9. The van der Waals surface area contributed by atoms with Crippen molar-refractivity contribution in [3.8, 4) is 0 Å². The van der Waals surface area contributed by atoms with Crippen LogP contribution in [0.3, 0.4) is 0 Å². The van der Waals surface area contributed by atoms with Crippen LogP contribution in [0.15, 0.2) is 0 Å². The predicted molar refractivity (Wildman–Crippen MR) is 65.7 cm³/mol. The molecule has 0 fully saturated rings. The maximum Gasteiger partial charge on any atom is 0.0711 e. The monoisotopic (exact) mass is 216 g/mol. The average molecular weight is 216 g/mol. The summed E-state index contributed by atoms with van der Waals surface area (Å²) in [5.74, 6) is 0. The van der Waals surface area contributed by atoms with E-state index in [1.54, 1.807) is 0 Å². The van der Waals surface area contributed by atoms with Gasteiger partial charge in [-0.1, -0.05) is 33.6 Å². The first kappa shape index (κ1) is 14.9. The molecule has 0 radical (unpaired) electrons. The number of aliphatic hydroxyl groups excluding tert-OH is 1. The smallest absolute Gasteiger partial charge is 0.0711 e. The summed E-state index contributed by atoms with van der Waals surface area (Å²) >= 11 is 0. The summed E-state index contributed by atoms with van der Waals surface area (Å²) in [6, 6.07) is 0. The molecule has 0 aromatic carbocycles. The van der Waals surface area contributed by atoms with E-state index in [9.17, 15) is 5.11 Å². The second kappa shape index (κ2) is 7.20. The zero-order valence-corrected chi connectivity index (χ0v) is 10.8. The predicted octanol–water partition coefficient (Wildman–Crippen LogP) is 1.94. The van der Waals surface area contributed by atoms with Crippen molar-refractivity contribution in [3.63, 3.8) is 0 Å². The van der Waals surface area contributed by atoms with Crippen LogP contribution in [0.1, 0.15) is 53.4 Å². The molecule has 3 nitrogen and oxygen atoms in total. The molecule has 0 amide bonds. The van der Waals surface area contributed by atoms with Crippen LogP contribution >= 0.6 is 0 Å². The van der Waals surface area contributed by atoms with Crippen molar-refractivity contribution in [1.82, 2.24) is 4.90 Å². The number of hydrogen-bond acceptors (Lipinski definition) is 3. The summed E-state index contributed by atoms with van der Waals surface area (Å²) in [4.78, 5) is 2.26. The van der Waals surface area contributed by atoms with Gasteiger partial charge in [-0.15, -0.1) is 0 Å². The second-order valence-corrected chi connectivity index (χ2v) is 4.43. The highest BCUT2D eigenvalue weighted by atomic mass is 16.3. The quantitative estimate of drug-likeness (QED) is 0.610. The van der Waals surface area contributed by atoms with Crippen molar-refractivity contribution in [1.29, 1.82) is 0 Å². The van der Waals surface area contributed by atoms with Crippen LogP contribution in [0.25, 0.3) is 0 Å². The Morgan fingerprint density at radius 1 is 1.27 bits per heavy atom. The molecule has 0 saturated carbocycles. The minimum Gasteiger partial charge on any atom is -0.393 e. The van der Waals surface area contributed by atoms with Gasteiger partial charge in [0.15, 0.2) is 0 Å². The molecule has 3 heteroatoms. The molecule has 2 unspecified atom stereocenters. The molecular formula is C12H28N2O. The molecule has 0 heterocycles. The lowest BCUT2D eigenvalue weighted by Gasteiger charge is -2.41. The number of nitrogens with zero attached hydrogens (tertiary/aromatic N) is 1. The van der Waals surface area contributed by atoms with E-state index < -0.39 is 0 Å². The van der Waals surface area contributed by atoms with Gasteiger partial charge in [-0.2, -0.15) is 0 Å². The van der Waals surface area contributed by atoms with E-state index in [1.165, 1.54) is 0 Å². The third-order valence-electron chi connectivity index (χ3n) is 3.01. The fraction of sp³-hybridized carbons (Fsp3) is 1.00. The molecule has 0 bridgehead atoms. The van der Waals surface area contributed by atoms with Crippen molar-refractivity contribution in [2.45, 2.75) is 65.1 Å². The highest BCUT2D eigenvalue weighted by Gasteiger charge is 2.31. The van der Waals surface area contributed by atoms with Crippen molar-refractivity contribution < 1.29 is 5.11 Å². The summed E-state index contributed by atoms with van der Waals surface area (Å²) in [6.07, 6.45) is 3.58. The Balaban J connectivity index is 4.50. The van der Waals surface area contributed by atoms with Gasteiger partial charge in [-0.25, -0.2) is 0 Å². The van der Waals surface area contributed by atoms with Crippen LogP contribution in [0.2, 0.25) is 0 Å². The van der Waals surface area contributed by atoms with Crippen molar-refractivity contribution in [2.24, 2.45) is 5.73 Å². The Kier molecular flexibility index (Phi) is 7.14. The van der Waals surface area contributed by atoms with E-state index in [0.29, 0.717) is 6.42 Å². The van der Waals surface area contributed by atoms with Gasteiger partial charge in [0.2, 0.25) is 0 Å². The minimum atomic E-state index is -0.326. The molecule has 0 aliphatic heterocycles. The maximum absolute atomic E-state index is 9.52. The fourth-order valence-corrected chi connectivity index (χ4v) is 2.24. The number of hydrogen-bond donors (Lipinski definition) is 2. The first-order valence-corrected chi connectivity index (χ1v) is 6.22. The molecule has 0 aliphatic rings. The van der Waals surface area contributed by atoms with E-state index in [0.717, 1.165) is 32.4 Å². The van der Waals surface area contributed by atoms with Gasteiger partial charge in [0, 0.05) is 6.42 Å². The van der Waals surface area contributed by atoms with E-state index >= 15 is 0 Å². The Labute approximate surface area is 94.6 Å². The average Bonchev–Trinajstić information content (AvgIpc) is 2.15. The lowest BCUT2D eigenvalue weighted by molar-refractivity contribution is 0.0370. The maximum atomic E-state index is 9.52. The van der Waals surface area contributed by atoms with Gasteiger partial charge in [0.1, 0.15) is 0 Å². The molecule has 0 aromatic rings. The topological polar surface area (TPSA) is 49.5 Å². The van der Waals surface area contributed by atoms with Gasteiger partial charge in [-0.05, 0) is 26.4 Å². The highest BCUT2D eigenvalue weighted by Crippen LogP contribution is 2.22. The lowest BCUT2D eigenvalue weighted by Crippen LogP contribution is -2.57.